The van der Waals surface area contributed by atoms with E-state index in [0.29, 0.717) is 19.1 Å². The van der Waals surface area contributed by atoms with Crippen molar-refractivity contribution in [3.05, 3.63) is 0 Å². The summed E-state index contributed by atoms with van der Waals surface area (Å²) in [5, 5.41) is 3.16. The van der Waals surface area contributed by atoms with Gasteiger partial charge in [0.05, 0.1) is 6.61 Å². The molecule has 0 radical (unpaired) electrons. The van der Waals surface area contributed by atoms with Crippen LogP contribution in [0.25, 0.3) is 0 Å². The Morgan fingerprint density at radius 3 is 2.41 bits per heavy atom. The molecule has 2 aliphatic rings. The highest BCUT2D eigenvalue weighted by Gasteiger charge is 2.35. The second-order valence-corrected chi connectivity index (χ2v) is 7.02. The number of carbonyl (C=O) groups is 2. The summed E-state index contributed by atoms with van der Waals surface area (Å²) in [4.78, 5) is 26.3. The Morgan fingerprint density at radius 2 is 1.77 bits per heavy atom. The molecule has 126 valence electrons. The maximum atomic E-state index is 12.5. The average Bonchev–Trinajstić information content (AvgIpc) is 2.84. The van der Waals surface area contributed by atoms with Crippen LogP contribution in [0.15, 0.2) is 0 Å². The van der Waals surface area contributed by atoms with Gasteiger partial charge in [0, 0.05) is 12.6 Å². The monoisotopic (exact) mass is 310 g/mol. The van der Waals surface area contributed by atoms with Crippen molar-refractivity contribution in [2.24, 2.45) is 5.92 Å². The van der Waals surface area contributed by atoms with Gasteiger partial charge >= 0.3 is 6.09 Å². The van der Waals surface area contributed by atoms with Gasteiger partial charge in [-0.3, -0.25) is 9.69 Å². The van der Waals surface area contributed by atoms with Crippen LogP contribution in [0.1, 0.15) is 65.2 Å². The number of amides is 2. The second kappa shape index (κ2) is 8.39. The number of nitrogens with zero attached hydrogens (tertiary/aromatic N) is 1. The van der Waals surface area contributed by atoms with Crippen LogP contribution in [-0.4, -0.2) is 42.1 Å². The highest BCUT2D eigenvalue weighted by molar-refractivity contribution is 5.86. The zero-order valence-electron chi connectivity index (χ0n) is 14.0. The fourth-order valence-corrected chi connectivity index (χ4v) is 3.30. The Labute approximate surface area is 133 Å². The van der Waals surface area contributed by atoms with Gasteiger partial charge in [-0.1, -0.05) is 39.5 Å². The largest absolute Gasteiger partial charge is 0.449 e. The highest BCUT2D eigenvalue weighted by Crippen LogP contribution is 2.21. The molecule has 5 heteroatoms. The summed E-state index contributed by atoms with van der Waals surface area (Å²) < 4.78 is 5.28. The lowest BCUT2D eigenvalue weighted by molar-refractivity contribution is -0.126. The first-order valence-corrected chi connectivity index (χ1v) is 8.81. The number of rotatable bonds is 4. The molecule has 1 aliphatic carbocycles. The van der Waals surface area contributed by atoms with E-state index in [2.05, 4.69) is 5.32 Å². The lowest BCUT2D eigenvalue weighted by Crippen LogP contribution is -2.49. The summed E-state index contributed by atoms with van der Waals surface area (Å²) in [6, 6.07) is -0.0629. The lowest BCUT2D eigenvalue weighted by atomic mass is 10.1. The first-order valence-electron chi connectivity index (χ1n) is 8.81. The Hall–Kier alpha value is -1.26. The third-order valence-electron chi connectivity index (χ3n) is 4.53. The van der Waals surface area contributed by atoms with Crippen LogP contribution in [-0.2, 0) is 9.53 Å². The summed E-state index contributed by atoms with van der Waals surface area (Å²) in [7, 11) is 0. The van der Waals surface area contributed by atoms with Crippen LogP contribution >= 0.6 is 0 Å². The van der Waals surface area contributed by atoms with Crippen molar-refractivity contribution in [3.8, 4) is 0 Å². The molecule has 0 aromatic heterocycles. The Morgan fingerprint density at radius 1 is 1.09 bits per heavy atom. The topological polar surface area (TPSA) is 58.6 Å². The third kappa shape index (κ3) is 4.89. The third-order valence-corrected chi connectivity index (χ3v) is 4.53. The van der Waals surface area contributed by atoms with Gasteiger partial charge in [-0.05, 0) is 31.6 Å². The molecular weight excluding hydrogens is 280 g/mol. The van der Waals surface area contributed by atoms with Gasteiger partial charge in [-0.25, -0.2) is 4.79 Å². The Balaban J connectivity index is 1.85. The quantitative estimate of drug-likeness (QED) is 0.812. The van der Waals surface area contributed by atoms with Gasteiger partial charge in [0.25, 0.3) is 0 Å². The fraction of sp³-hybridized carbons (Fsp3) is 0.882. The van der Waals surface area contributed by atoms with Crippen molar-refractivity contribution in [1.82, 2.24) is 10.2 Å². The molecule has 0 unspecified atom stereocenters. The van der Waals surface area contributed by atoms with Gasteiger partial charge in [-0.15, -0.1) is 0 Å². The standard InChI is InChI=1S/C17H30N2O3/c1-13(2)12-22-17(21)19-11-7-10-15(19)16(20)18-14-8-5-3-4-6-9-14/h13-15H,3-12H2,1-2H3,(H,18,20)/t15-/m1/s1. The molecule has 1 heterocycles. The predicted molar refractivity (Wildman–Crippen MR) is 85.5 cm³/mol. The van der Waals surface area contributed by atoms with Crippen LogP contribution in [0.2, 0.25) is 0 Å². The molecule has 0 aromatic carbocycles. The molecule has 1 saturated carbocycles. The summed E-state index contributed by atoms with van der Waals surface area (Å²) in [6.45, 7) is 5.05. The molecule has 22 heavy (non-hydrogen) atoms. The van der Waals surface area contributed by atoms with E-state index in [9.17, 15) is 9.59 Å². The summed E-state index contributed by atoms with van der Waals surface area (Å²) in [5.74, 6) is 0.315. The molecule has 2 amide bonds. The van der Waals surface area contributed by atoms with Gasteiger partial charge in [0.2, 0.25) is 5.91 Å². The number of carbonyl (C=O) groups excluding carboxylic acids is 2. The van der Waals surface area contributed by atoms with E-state index in [1.165, 1.54) is 25.7 Å². The van der Waals surface area contributed by atoms with Crippen molar-refractivity contribution >= 4 is 12.0 Å². The van der Waals surface area contributed by atoms with Crippen molar-refractivity contribution in [2.75, 3.05) is 13.2 Å². The minimum Gasteiger partial charge on any atom is -0.449 e. The molecule has 1 aliphatic heterocycles. The number of hydrogen-bond donors (Lipinski definition) is 1. The molecule has 0 aromatic rings. The maximum Gasteiger partial charge on any atom is 0.410 e. The van der Waals surface area contributed by atoms with E-state index in [1.807, 2.05) is 13.8 Å². The molecule has 1 N–H and O–H groups in total. The van der Waals surface area contributed by atoms with Crippen LogP contribution in [0.5, 0.6) is 0 Å². The number of likely N-dealkylation sites (tertiary alicyclic amines) is 1. The van der Waals surface area contributed by atoms with E-state index in [-0.39, 0.29) is 24.1 Å². The molecule has 2 fully saturated rings. The normalized spacial score (nSPS) is 23.4. The Kier molecular flexibility index (Phi) is 6.52. The van der Waals surface area contributed by atoms with E-state index in [0.717, 1.165) is 25.7 Å². The Bertz CT molecular complexity index is 376. The minimum atomic E-state index is -0.345. The summed E-state index contributed by atoms with van der Waals surface area (Å²) >= 11 is 0. The molecular formula is C17H30N2O3. The number of nitrogens with one attached hydrogen (secondary N) is 1. The van der Waals surface area contributed by atoms with E-state index < -0.39 is 0 Å². The zero-order valence-corrected chi connectivity index (χ0v) is 14.0. The van der Waals surface area contributed by atoms with Crippen molar-refractivity contribution in [1.29, 1.82) is 0 Å². The number of ether oxygens (including phenoxy) is 1. The molecule has 1 atom stereocenters. The SMILES string of the molecule is CC(C)COC(=O)N1CCC[C@@H]1C(=O)NC1CCCCCC1. The summed E-state index contributed by atoms with van der Waals surface area (Å²) in [6.07, 6.45) is 8.33. The van der Waals surface area contributed by atoms with E-state index in [1.54, 1.807) is 4.90 Å². The van der Waals surface area contributed by atoms with Crippen LogP contribution in [0, 0.1) is 5.92 Å². The maximum absolute atomic E-state index is 12.5. The van der Waals surface area contributed by atoms with Crippen LogP contribution < -0.4 is 5.32 Å². The number of hydrogen-bond acceptors (Lipinski definition) is 3. The molecule has 0 spiro atoms. The van der Waals surface area contributed by atoms with Crippen molar-refractivity contribution in [3.63, 3.8) is 0 Å². The first-order chi connectivity index (χ1) is 10.6. The fourth-order valence-electron chi connectivity index (χ4n) is 3.30. The van der Waals surface area contributed by atoms with Crippen molar-refractivity contribution in [2.45, 2.75) is 77.3 Å². The lowest BCUT2D eigenvalue weighted by Gasteiger charge is -2.26. The minimum absolute atomic E-state index is 0.00546. The first kappa shape index (κ1) is 17.1. The molecule has 5 nitrogen and oxygen atoms in total. The molecule has 1 saturated heterocycles. The summed E-state index contributed by atoms with van der Waals surface area (Å²) in [5.41, 5.74) is 0. The molecule has 2 rings (SSSR count). The smallest absolute Gasteiger partial charge is 0.410 e. The average molecular weight is 310 g/mol. The van der Waals surface area contributed by atoms with E-state index in [4.69, 9.17) is 4.74 Å². The highest BCUT2D eigenvalue weighted by atomic mass is 16.6. The van der Waals surface area contributed by atoms with Crippen molar-refractivity contribution < 1.29 is 14.3 Å². The van der Waals surface area contributed by atoms with Gasteiger partial charge in [0.1, 0.15) is 6.04 Å². The van der Waals surface area contributed by atoms with Gasteiger partial charge in [0.15, 0.2) is 0 Å². The predicted octanol–water partition coefficient (Wildman–Crippen LogP) is 3.08. The van der Waals surface area contributed by atoms with E-state index >= 15 is 0 Å². The second-order valence-electron chi connectivity index (χ2n) is 7.02. The van der Waals surface area contributed by atoms with Gasteiger partial charge < -0.3 is 10.1 Å². The van der Waals surface area contributed by atoms with Crippen LogP contribution in [0.3, 0.4) is 0 Å². The van der Waals surface area contributed by atoms with Gasteiger partial charge in [-0.2, -0.15) is 0 Å². The zero-order chi connectivity index (χ0) is 15.9. The molecule has 0 bridgehead atoms. The van der Waals surface area contributed by atoms with Crippen LogP contribution in [0.4, 0.5) is 4.79 Å².